The molecule has 1 N–H and O–H groups in total. The molecular weight excluding hydrogens is 372 g/mol. The van der Waals surface area contributed by atoms with Crippen LogP contribution in [0.4, 0.5) is 0 Å². The van der Waals surface area contributed by atoms with E-state index in [9.17, 15) is 9.59 Å². The standard InChI is InChI=1S/C23H29ClN2O2/c1-5-17(3)25-23(28)18(4)26(15-20-11-6-7-12-21(20)24)22(27)14-19-10-8-9-16(2)13-19/h6-13,17-18H,5,14-15H2,1-4H3,(H,25,28)/t17-,18-/m0/s1. The lowest BCUT2D eigenvalue weighted by Crippen LogP contribution is -2.49. The molecule has 0 spiro atoms. The first-order valence-corrected chi connectivity index (χ1v) is 10.1. The molecule has 0 heterocycles. The molecule has 2 amide bonds. The molecule has 0 unspecified atom stereocenters. The van der Waals surface area contributed by atoms with Gasteiger partial charge in [0.25, 0.3) is 0 Å². The highest BCUT2D eigenvalue weighted by Crippen LogP contribution is 2.19. The number of amides is 2. The Morgan fingerprint density at radius 1 is 1.11 bits per heavy atom. The van der Waals surface area contributed by atoms with Crippen molar-refractivity contribution in [1.82, 2.24) is 10.2 Å². The van der Waals surface area contributed by atoms with E-state index in [0.29, 0.717) is 11.6 Å². The zero-order valence-corrected chi connectivity index (χ0v) is 17.8. The van der Waals surface area contributed by atoms with Crippen molar-refractivity contribution in [3.05, 3.63) is 70.2 Å². The molecule has 28 heavy (non-hydrogen) atoms. The first-order valence-electron chi connectivity index (χ1n) is 9.70. The van der Waals surface area contributed by atoms with Gasteiger partial charge in [0.1, 0.15) is 6.04 Å². The number of hydrogen-bond acceptors (Lipinski definition) is 2. The second-order valence-electron chi connectivity index (χ2n) is 7.27. The van der Waals surface area contributed by atoms with E-state index >= 15 is 0 Å². The average molecular weight is 401 g/mol. The maximum Gasteiger partial charge on any atom is 0.242 e. The molecule has 2 aromatic rings. The molecule has 2 aromatic carbocycles. The van der Waals surface area contributed by atoms with Crippen LogP contribution in [0.5, 0.6) is 0 Å². The number of rotatable bonds is 8. The van der Waals surface area contributed by atoms with Gasteiger partial charge in [-0.15, -0.1) is 0 Å². The van der Waals surface area contributed by atoms with Crippen LogP contribution < -0.4 is 5.32 Å². The van der Waals surface area contributed by atoms with Crippen molar-refractivity contribution in [3.63, 3.8) is 0 Å². The summed E-state index contributed by atoms with van der Waals surface area (Å²) in [6.07, 6.45) is 1.08. The molecule has 150 valence electrons. The Bertz CT molecular complexity index is 822. The Kier molecular flexibility index (Phi) is 8.06. The molecule has 0 aromatic heterocycles. The van der Waals surface area contributed by atoms with Gasteiger partial charge in [-0.05, 0) is 44.4 Å². The number of benzene rings is 2. The third-order valence-electron chi connectivity index (χ3n) is 4.90. The van der Waals surface area contributed by atoms with E-state index in [1.165, 1.54) is 0 Å². The molecule has 0 radical (unpaired) electrons. The summed E-state index contributed by atoms with van der Waals surface area (Å²) in [5, 5.41) is 3.56. The van der Waals surface area contributed by atoms with Crippen LogP contribution in [0.1, 0.15) is 43.9 Å². The summed E-state index contributed by atoms with van der Waals surface area (Å²) < 4.78 is 0. The minimum atomic E-state index is -0.595. The molecule has 5 heteroatoms. The maximum atomic E-state index is 13.1. The van der Waals surface area contributed by atoms with Gasteiger partial charge in [0.05, 0.1) is 6.42 Å². The van der Waals surface area contributed by atoms with Crippen LogP contribution in [-0.2, 0) is 22.6 Å². The molecule has 0 fully saturated rings. The number of halogens is 1. The number of aryl methyl sites for hydroxylation is 1. The van der Waals surface area contributed by atoms with Crippen molar-refractivity contribution in [2.75, 3.05) is 0 Å². The fourth-order valence-electron chi connectivity index (χ4n) is 2.96. The lowest BCUT2D eigenvalue weighted by Gasteiger charge is -2.30. The predicted octanol–water partition coefficient (Wildman–Crippen LogP) is 4.52. The average Bonchev–Trinajstić information content (AvgIpc) is 2.66. The molecule has 0 bridgehead atoms. The Morgan fingerprint density at radius 3 is 2.46 bits per heavy atom. The van der Waals surface area contributed by atoms with E-state index in [2.05, 4.69) is 5.32 Å². The van der Waals surface area contributed by atoms with Crippen LogP contribution >= 0.6 is 11.6 Å². The van der Waals surface area contributed by atoms with Gasteiger partial charge in [-0.1, -0.05) is 66.6 Å². The molecular formula is C23H29ClN2O2. The summed E-state index contributed by atoms with van der Waals surface area (Å²) >= 11 is 6.31. The molecule has 2 atom stereocenters. The lowest BCUT2D eigenvalue weighted by atomic mass is 10.1. The van der Waals surface area contributed by atoms with Crippen LogP contribution in [0.3, 0.4) is 0 Å². The Hall–Kier alpha value is -2.33. The minimum Gasteiger partial charge on any atom is -0.352 e. The van der Waals surface area contributed by atoms with Crippen LogP contribution in [0.15, 0.2) is 48.5 Å². The van der Waals surface area contributed by atoms with Gasteiger partial charge in [0, 0.05) is 17.6 Å². The van der Waals surface area contributed by atoms with E-state index in [-0.39, 0.29) is 24.3 Å². The predicted molar refractivity (Wildman–Crippen MR) is 114 cm³/mol. The summed E-state index contributed by atoms with van der Waals surface area (Å²) in [5.74, 6) is -0.253. The molecule has 2 rings (SSSR count). The highest BCUT2D eigenvalue weighted by molar-refractivity contribution is 6.31. The van der Waals surface area contributed by atoms with Crippen LogP contribution in [0, 0.1) is 6.92 Å². The van der Waals surface area contributed by atoms with E-state index in [1.807, 2.05) is 63.2 Å². The molecule has 0 aliphatic heterocycles. The van der Waals surface area contributed by atoms with Gasteiger partial charge in [-0.25, -0.2) is 0 Å². The second-order valence-corrected chi connectivity index (χ2v) is 7.68. The Balaban J connectivity index is 2.25. The number of carbonyl (C=O) groups excluding carboxylic acids is 2. The Labute approximate surface area is 172 Å². The smallest absolute Gasteiger partial charge is 0.242 e. The summed E-state index contributed by atoms with van der Waals surface area (Å²) in [4.78, 5) is 27.5. The monoisotopic (exact) mass is 400 g/mol. The van der Waals surface area contributed by atoms with E-state index in [4.69, 9.17) is 11.6 Å². The van der Waals surface area contributed by atoms with Crippen LogP contribution in [0.25, 0.3) is 0 Å². The quantitative estimate of drug-likeness (QED) is 0.708. The van der Waals surface area contributed by atoms with Gasteiger partial charge in [-0.2, -0.15) is 0 Å². The van der Waals surface area contributed by atoms with Crippen molar-refractivity contribution in [2.24, 2.45) is 0 Å². The normalized spacial score (nSPS) is 12.9. The summed E-state index contributed by atoms with van der Waals surface area (Å²) in [7, 11) is 0. The highest BCUT2D eigenvalue weighted by atomic mass is 35.5. The molecule has 0 saturated carbocycles. The van der Waals surface area contributed by atoms with Crippen molar-refractivity contribution in [2.45, 2.75) is 59.2 Å². The fourth-order valence-corrected chi connectivity index (χ4v) is 3.15. The third-order valence-corrected chi connectivity index (χ3v) is 5.27. The van der Waals surface area contributed by atoms with Crippen molar-refractivity contribution in [3.8, 4) is 0 Å². The highest BCUT2D eigenvalue weighted by Gasteiger charge is 2.27. The second kappa shape index (κ2) is 10.3. The minimum absolute atomic E-state index is 0.0592. The number of hydrogen-bond donors (Lipinski definition) is 1. The van der Waals surface area contributed by atoms with Crippen molar-refractivity contribution < 1.29 is 9.59 Å². The number of carbonyl (C=O) groups is 2. The molecule has 0 aliphatic carbocycles. The van der Waals surface area contributed by atoms with E-state index in [0.717, 1.165) is 23.1 Å². The fraction of sp³-hybridized carbons (Fsp3) is 0.391. The topological polar surface area (TPSA) is 49.4 Å². The summed E-state index contributed by atoms with van der Waals surface area (Å²) in [6, 6.07) is 14.7. The van der Waals surface area contributed by atoms with Gasteiger partial charge in [0.15, 0.2) is 0 Å². The SMILES string of the molecule is CC[C@H](C)NC(=O)[C@H](C)N(Cc1ccccc1Cl)C(=O)Cc1cccc(C)c1. The third kappa shape index (κ3) is 6.10. The maximum absolute atomic E-state index is 13.1. The lowest BCUT2D eigenvalue weighted by molar-refractivity contribution is -0.140. The van der Waals surface area contributed by atoms with E-state index < -0.39 is 6.04 Å². The van der Waals surface area contributed by atoms with E-state index in [1.54, 1.807) is 17.9 Å². The first kappa shape index (κ1) is 22.0. The van der Waals surface area contributed by atoms with Gasteiger partial charge in [-0.3, -0.25) is 9.59 Å². The molecule has 0 aliphatic rings. The number of nitrogens with one attached hydrogen (secondary N) is 1. The van der Waals surface area contributed by atoms with Crippen molar-refractivity contribution >= 4 is 23.4 Å². The van der Waals surface area contributed by atoms with Gasteiger partial charge < -0.3 is 10.2 Å². The largest absolute Gasteiger partial charge is 0.352 e. The summed E-state index contributed by atoms with van der Waals surface area (Å²) in [6.45, 7) is 8.03. The zero-order chi connectivity index (χ0) is 20.7. The van der Waals surface area contributed by atoms with Gasteiger partial charge >= 0.3 is 0 Å². The van der Waals surface area contributed by atoms with Gasteiger partial charge in [0.2, 0.25) is 11.8 Å². The number of nitrogens with zero attached hydrogens (tertiary/aromatic N) is 1. The summed E-state index contributed by atoms with van der Waals surface area (Å²) in [5.41, 5.74) is 2.86. The molecule has 0 saturated heterocycles. The zero-order valence-electron chi connectivity index (χ0n) is 17.0. The van der Waals surface area contributed by atoms with Crippen molar-refractivity contribution in [1.29, 1.82) is 0 Å². The first-order chi connectivity index (χ1) is 13.3. The van der Waals surface area contributed by atoms with Crippen LogP contribution in [0.2, 0.25) is 5.02 Å². The van der Waals surface area contributed by atoms with Crippen LogP contribution in [-0.4, -0.2) is 28.8 Å². The molecule has 4 nitrogen and oxygen atoms in total. The Morgan fingerprint density at radius 2 is 1.82 bits per heavy atom.